The summed E-state index contributed by atoms with van der Waals surface area (Å²) in [4.78, 5) is 0. The largest absolute Gasteiger partial charge is 0.126 e. The van der Waals surface area contributed by atoms with Crippen molar-refractivity contribution in [3.05, 3.63) is 34.9 Å². The smallest absolute Gasteiger partial charge is 0.0283 e. The first kappa shape index (κ1) is 16.9. The number of aryl methyl sites for hydroxylation is 2. The minimum Gasteiger partial charge on any atom is -0.126 e. The normalized spacial score (nSPS) is 26.9. The second-order valence-electron chi connectivity index (χ2n) is 8.32. The maximum Gasteiger partial charge on any atom is 0.0283 e. The van der Waals surface area contributed by atoms with Crippen molar-refractivity contribution in [2.24, 2.45) is 16.7 Å². The van der Waals surface area contributed by atoms with Gasteiger partial charge in [-0.05, 0) is 79.4 Å². The number of halogens is 1. The van der Waals surface area contributed by atoms with Crippen molar-refractivity contribution >= 4 is 11.6 Å². The van der Waals surface area contributed by atoms with Gasteiger partial charge in [-0.25, -0.2) is 0 Å². The summed E-state index contributed by atoms with van der Waals surface area (Å²) in [5.74, 6) is 1.66. The number of alkyl halides is 1. The van der Waals surface area contributed by atoms with Gasteiger partial charge in [-0.3, -0.25) is 0 Å². The fraction of sp³-hybridized carbons (Fsp3) is 0.700. The fourth-order valence-corrected chi connectivity index (χ4v) is 4.32. The van der Waals surface area contributed by atoms with Crippen molar-refractivity contribution in [2.75, 3.05) is 5.88 Å². The molecule has 1 aliphatic rings. The van der Waals surface area contributed by atoms with Gasteiger partial charge in [0.2, 0.25) is 0 Å². The van der Waals surface area contributed by atoms with Crippen molar-refractivity contribution in [1.82, 2.24) is 0 Å². The summed E-state index contributed by atoms with van der Waals surface area (Å²) in [6.07, 6.45) is 6.40. The Balaban J connectivity index is 2.14. The molecule has 21 heavy (non-hydrogen) atoms. The van der Waals surface area contributed by atoms with E-state index < -0.39 is 0 Å². The van der Waals surface area contributed by atoms with E-state index >= 15 is 0 Å². The average Bonchev–Trinajstić information content (AvgIpc) is 2.43. The lowest BCUT2D eigenvalue weighted by Crippen LogP contribution is -2.35. The van der Waals surface area contributed by atoms with Gasteiger partial charge in [0.05, 0.1) is 0 Å². The number of hydrogen-bond donors (Lipinski definition) is 0. The Bertz CT molecular complexity index is 453. The van der Waals surface area contributed by atoms with Gasteiger partial charge in [0.1, 0.15) is 0 Å². The molecule has 1 aromatic rings. The zero-order valence-corrected chi connectivity index (χ0v) is 15.2. The fourth-order valence-electron chi connectivity index (χ4n) is 3.96. The van der Waals surface area contributed by atoms with Crippen LogP contribution >= 0.6 is 11.6 Å². The summed E-state index contributed by atoms with van der Waals surface area (Å²) < 4.78 is 0. The Labute approximate surface area is 136 Å². The lowest BCUT2D eigenvalue weighted by Gasteiger charge is -2.44. The molecule has 0 aliphatic heterocycles. The van der Waals surface area contributed by atoms with Gasteiger partial charge in [-0.2, -0.15) is 0 Å². The lowest BCUT2D eigenvalue weighted by atomic mass is 9.63. The maximum atomic E-state index is 6.45. The first-order valence-corrected chi connectivity index (χ1v) is 8.92. The van der Waals surface area contributed by atoms with E-state index in [0.29, 0.717) is 10.8 Å². The molecule has 0 heterocycles. The Morgan fingerprint density at radius 1 is 1.10 bits per heavy atom. The van der Waals surface area contributed by atoms with E-state index in [1.54, 1.807) is 0 Å². The highest BCUT2D eigenvalue weighted by molar-refractivity contribution is 6.18. The molecular weight excluding hydrogens is 276 g/mol. The highest BCUT2D eigenvalue weighted by Gasteiger charge is 2.38. The van der Waals surface area contributed by atoms with Crippen LogP contribution in [0.2, 0.25) is 0 Å². The van der Waals surface area contributed by atoms with Gasteiger partial charge in [-0.1, -0.05) is 39.0 Å². The monoisotopic (exact) mass is 306 g/mol. The molecule has 0 amide bonds. The topological polar surface area (TPSA) is 0 Å². The van der Waals surface area contributed by atoms with Gasteiger partial charge >= 0.3 is 0 Å². The molecule has 1 fully saturated rings. The third-order valence-corrected chi connectivity index (χ3v) is 6.32. The third-order valence-electron chi connectivity index (χ3n) is 5.75. The highest BCUT2D eigenvalue weighted by atomic mass is 35.5. The van der Waals surface area contributed by atoms with Crippen molar-refractivity contribution in [2.45, 2.75) is 66.7 Å². The van der Waals surface area contributed by atoms with Crippen LogP contribution in [0.3, 0.4) is 0 Å². The quantitative estimate of drug-likeness (QED) is 0.574. The van der Waals surface area contributed by atoms with Crippen molar-refractivity contribution in [3.63, 3.8) is 0 Å². The molecule has 1 saturated carbocycles. The van der Waals surface area contributed by atoms with Crippen molar-refractivity contribution < 1.29 is 0 Å². The first-order valence-electron chi connectivity index (χ1n) is 8.38. The highest BCUT2D eigenvalue weighted by Crippen LogP contribution is 2.47. The molecule has 1 aromatic carbocycles. The van der Waals surface area contributed by atoms with E-state index in [0.717, 1.165) is 18.2 Å². The van der Waals surface area contributed by atoms with E-state index in [1.165, 1.54) is 42.4 Å². The summed E-state index contributed by atoms with van der Waals surface area (Å²) in [5, 5.41) is 0. The molecule has 0 radical (unpaired) electrons. The summed E-state index contributed by atoms with van der Waals surface area (Å²) >= 11 is 6.45. The van der Waals surface area contributed by atoms with Gasteiger partial charge in [0.15, 0.2) is 0 Å². The molecule has 0 bridgehead atoms. The van der Waals surface area contributed by atoms with E-state index in [2.05, 4.69) is 52.8 Å². The molecule has 0 aromatic heterocycles. The molecule has 0 unspecified atom stereocenters. The third kappa shape index (κ3) is 3.83. The minimum absolute atomic E-state index is 0.320. The van der Waals surface area contributed by atoms with E-state index in [4.69, 9.17) is 11.6 Å². The predicted octanol–water partition coefficient (Wildman–Crippen LogP) is 6.31. The average molecular weight is 307 g/mol. The van der Waals surface area contributed by atoms with Gasteiger partial charge in [-0.15, -0.1) is 11.6 Å². The molecule has 1 aliphatic carbocycles. The van der Waals surface area contributed by atoms with Crippen LogP contribution in [-0.4, -0.2) is 5.88 Å². The van der Waals surface area contributed by atoms with Crippen LogP contribution in [0, 0.1) is 30.6 Å². The van der Waals surface area contributed by atoms with E-state index in [-0.39, 0.29) is 0 Å². The molecular formula is C20H31Cl. The zero-order valence-electron chi connectivity index (χ0n) is 14.4. The summed E-state index contributed by atoms with van der Waals surface area (Å²) in [5.41, 5.74) is 5.15. The molecule has 0 saturated heterocycles. The molecule has 0 atom stereocenters. The molecule has 0 spiro atoms. The molecule has 0 nitrogen and oxygen atoms in total. The van der Waals surface area contributed by atoms with E-state index in [9.17, 15) is 0 Å². The van der Waals surface area contributed by atoms with Crippen LogP contribution in [0.5, 0.6) is 0 Å². The van der Waals surface area contributed by atoms with Crippen LogP contribution in [-0.2, 0) is 6.42 Å². The second kappa shape index (κ2) is 6.32. The SMILES string of the molecule is Cc1cccc(C)c1CC1(CCl)CCC(C(C)(C)C)CC1. The van der Waals surface area contributed by atoms with Crippen molar-refractivity contribution in [1.29, 1.82) is 0 Å². The van der Waals surface area contributed by atoms with Crippen LogP contribution in [0.25, 0.3) is 0 Å². The van der Waals surface area contributed by atoms with E-state index in [1.807, 2.05) is 0 Å². The lowest BCUT2D eigenvalue weighted by molar-refractivity contribution is 0.102. The number of hydrogen-bond acceptors (Lipinski definition) is 0. The molecule has 2 rings (SSSR count). The van der Waals surface area contributed by atoms with Crippen LogP contribution in [0.1, 0.15) is 63.1 Å². The number of benzene rings is 1. The molecule has 1 heteroatoms. The van der Waals surface area contributed by atoms with Gasteiger partial charge in [0, 0.05) is 5.88 Å². The van der Waals surface area contributed by atoms with Crippen LogP contribution < -0.4 is 0 Å². The Kier molecular flexibility index (Phi) is 5.08. The predicted molar refractivity (Wildman–Crippen MR) is 94.2 cm³/mol. The summed E-state index contributed by atoms with van der Waals surface area (Å²) in [7, 11) is 0. The Morgan fingerprint density at radius 3 is 2.05 bits per heavy atom. The second-order valence-corrected chi connectivity index (χ2v) is 8.59. The summed E-state index contributed by atoms with van der Waals surface area (Å²) in [6.45, 7) is 11.6. The maximum absolute atomic E-state index is 6.45. The zero-order chi connectivity index (χ0) is 15.7. The van der Waals surface area contributed by atoms with Gasteiger partial charge < -0.3 is 0 Å². The minimum atomic E-state index is 0.320. The molecule has 118 valence electrons. The summed E-state index contributed by atoms with van der Waals surface area (Å²) in [6, 6.07) is 6.65. The Morgan fingerprint density at radius 2 is 1.62 bits per heavy atom. The Hall–Kier alpha value is -0.490. The van der Waals surface area contributed by atoms with Crippen LogP contribution in [0.4, 0.5) is 0 Å². The molecule has 0 N–H and O–H groups in total. The standard InChI is InChI=1S/C20H31Cl/c1-15-7-6-8-16(2)18(15)13-20(14-21)11-9-17(10-12-20)19(3,4)5/h6-8,17H,9-14H2,1-5H3. The van der Waals surface area contributed by atoms with Crippen molar-refractivity contribution in [3.8, 4) is 0 Å². The first-order chi connectivity index (χ1) is 9.77. The van der Waals surface area contributed by atoms with Crippen LogP contribution in [0.15, 0.2) is 18.2 Å². The van der Waals surface area contributed by atoms with Gasteiger partial charge in [0.25, 0.3) is 0 Å². The number of rotatable bonds is 3.